The average molecular weight is 489 g/mol. The van der Waals surface area contributed by atoms with Gasteiger partial charge >= 0.3 is 6.18 Å². The molecule has 0 saturated carbocycles. The molecule has 0 aliphatic carbocycles. The van der Waals surface area contributed by atoms with Crippen LogP contribution in [0.4, 0.5) is 13.2 Å². The minimum atomic E-state index is -4.65. The van der Waals surface area contributed by atoms with Crippen molar-refractivity contribution in [1.29, 1.82) is 0 Å². The lowest BCUT2D eigenvalue weighted by molar-refractivity contribution is -0.137. The van der Waals surface area contributed by atoms with E-state index in [2.05, 4.69) is 4.98 Å². The lowest BCUT2D eigenvalue weighted by Crippen LogP contribution is -2.30. The summed E-state index contributed by atoms with van der Waals surface area (Å²) >= 11 is 0. The average Bonchev–Trinajstić information content (AvgIpc) is 3.35. The van der Waals surface area contributed by atoms with Gasteiger partial charge in [0.25, 0.3) is 11.8 Å². The number of halogens is 3. The van der Waals surface area contributed by atoms with Gasteiger partial charge in [-0.1, -0.05) is 42.5 Å². The molecule has 3 aromatic carbocycles. The normalized spacial score (nSPS) is 13.3. The SMILES string of the molecule is Cc1cn(-c2ccc(C(F)(F)F)cc2C(=O)c2ccccc2)c(CN2C(=O)c3ccccc3C2=O)n1. The van der Waals surface area contributed by atoms with Crippen LogP contribution in [-0.2, 0) is 12.7 Å². The Balaban J connectivity index is 1.60. The lowest BCUT2D eigenvalue weighted by atomic mass is 9.99. The van der Waals surface area contributed by atoms with E-state index in [1.165, 1.54) is 22.8 Å². The van der Waals surface area contributed by atoms with Gasteiger partial charge in [0.2, 0.25) is 0 Å². The van der Waals surface area contributed by atoms with Crippen LogP contribution in [0.2, 0.25) is 0 Å². The first-order valence-corrected chi connectivity index (χ1v) is 11.0. The molecule has 0 radical (unpaired) electrons. The molecule has 0 fully saturated rings. The van der Waals surface area contributed by atoms with Gasteiger partial charge in [-0.3, -0.25) is 19.3 Å². The number of aryl methyl sites for hydroxylation is 1. The quantitative estimate of drug-likeness (QED) is 0.284. The van der Waals surface area contributed by atoms with Gasteiger partial charge in [0.15, 0.2) is 5.78 Å². The molecule has 5 rings (SSSR count). The molecule has 180 valence electrons. The monoisotopic (exact) mass is 489 g/mol. The molecule has 4 aromatic rings. The first-order chi connectivity index (χ1) is 17.1. The van der Waals surface area contributed by atoms with Crippen molar-refractivity contribution in [2.75, 3.05) is 0 Å². The highest BCUT2D eigenvalue weighted by molar-refractivity contribution is 6.21. The van der Waals surface area contributed by atoms with Crippen molar-refractivity contribution in [2.45, 2.75) is 19.6 Å². The van der Waals surface area contributed by atoms with Crippen LogP contribution < -0.4 is 0 Å². The zero-order chi connectivity index (χ0) is 25.6. The van der Waals surface area contributed by atoms with Gasteiger partial charge in [-0.25, -0.2) is 4.98 Å². The van der Waals surface area contributed by atoms with Crippen LogP contribution in [-0.4, -0.2) is 32.0 Å². The molecule has 36 heavy (non-hydrogen) atoms. The van der Waals surface area contributed by atoms with E-state index in [1.807, 2.05) is 0 Å². The van der Waals surface area contributed by atoms with Crippen molar-refractivity contribution in [2.24, 2.45) is 0 Å². The number of hydrogen-bond acceptors (Lipinski definition) is 4. The maximum Gasteiger partial charge on any atom is 0.416 e. The highest BCUT2D eigenvalue weighted by Crippen LogP contribution is 2.33. The van der Waals surface area contributed by atoms with E-state index in [4.69, 9.17) is 0 Å². The number of ketones is 1. The summed E-state index contributed by atoms with van der Waals surface area (Å²) < 4.78 is 42.0. The molecule has 0 unspecified atom stereocenters. The Bertz CT molecular complexity index is 1490. The van der Waals surface area contributed by atoms with Crippen LogP contribution in [0.5, 0.6) is 0 Å². The molecule has 9 heteroatoms. The second-order valence-corrected chi connectivity index (χ2v) is 8.34. The second kappa shape index (κ2) is 8.60. The lowest BCUT2D eigenvalue weighted by Gasteiger charge is -2.18. The number of carbonyl (C=O) groups excluding carboxylic acids is 3. The number of benzene rings is 3. The molecular weight excluding hydrogens is 471 g/mol. The van der Waals surface area contributed by atoms with Gasteiger partial charge in [-0.15, -0.1) is 0 Å². The van der Waals surface area contributed by atoms with Gasteiger partial charge in [-0.05, 0) is 37.3 Å². The van der Waals surface area contributed by atoms with E-state index in [9.17, 15) is 27.6 Å². The van der Waals surface area contributed by atoms with E-state index in [1.54, 1.807) is 55.6 Å². The fourth-order valence-corrected chi connectivity index (χ4v) is 4.24. The Kier molecular flexibility index (Phi) is 5.55. The number of imide groups is 1. The Morgan fingerprint density at radius 2 is 1.50 bits per heavy atom. The van der Waals surface area contributed by atoms with Gasteiger partial charge < -0.3 is 4.57 Å². The Morgan fingerprint density at radius 1 is 0.889 bits per heavy atom. The summed E-state index contributed by atoms with van der Waals surface area (Å²) in [5.41, 5.74) is 0.264. The van der Waals surface area contributed by atoms with E-state index < -0.39 is 29.3 Å². The van der Waals surface area contributed by atoms with E-state index in [0.29, 0.717) is 5.69 Å². The van der Waals surface area contributed by atoms with Crippen LogP contribution in [0, 0.1) is 6.92 Å². The second-order valence-electron chi connectivity index (χ2n) is 8.34. The zero-order valence-electron chi connectivity index (χ0n) is 18.9. The summed E-state index contributed by atoms with van der Waals surface area (Å²) in [6.07, 6.45) is -3.10. The van der Waals surface area contributed by atoms with E-state index >= 15 is 0 Å². The minimum Gasteiger partial charge on any atom is -0.301 e. The van der Waals surface area contributed by atoms with Crippen molar-refractivity contribution in [3.8, 4) is 5.69 Å². The van der Waals surface area contributed by atoms with Gasteiger partial charge in [-0.2, -0.15) is 13.2 Å². The van der Waals surface area contributed by atoms with Gasteiger partial charge in [0, 0.05) is 17.3 Å². The van der Waals surface area contributed by atoms with Crippen LogP contribution in [0.3, 0.4) is 0 Å². The predicted octanol–water partition coefficient (Wildman–Crippen LogP) is 5.23. The van der Waals surface area contributed by atoms with Crippen LogP contribution >= 0.6 is 0 Å². The number of imidazole rings is 1. The highest BCUT2D eigenvalue weighted by Gasteiger charge is 2.36. The molecule has 0 atom stereocenters. The molecule has 0 saturated heterocycles. The van der Waals surface area contributed by atoms with Crippen molar-refractivity contribution in [3.05, 3.63) is 118 Å². The Labute approximate surface area is 203 Å². The number of aromatic nitrogens is 2. The summed E-state index contributed by atoms with van der Waals surface area (Å²) in [6, 6.07) is 17.3. The van der Waals surface area contributed by atoms with Crippen molar-refractivity contribution in [1.82, 2.24) is 14.5 Å². The predicted molar refractivity (Wildman–Crippen MR) is 124 cm³/mol. The summed E-state index contributed by atoms with van der Waals surface area (Å²) in [5.74, 6) is -1.36. The molecular formula is C27H18F3N3O3. The topological polar surface area (TPSA) is 72.3 Å². The summed E-state index contributed by atoms with van der Waals surface area (Å²) in [7, 11) is 0. The van der Waals surface area contributed by atoms with Crippen molar-refractivity contribution >= 4 is 17.6 Å². The van der Waals surface area contributed by atoms with Gasteiger partial charge in [0.1, 0.15) is 5.82 Å². The largest absolute Gasteiger partial charge is 0.416 e. The first-order valence-electron chi connectivity index (χ1n) is 11.0. The van der Waals surface area contributed by atoms with E-state index in [-0.39, 0.29) is 40.3 Å². The molecule has 0 spiro atoms. The number of alkyl halides is 3. The Morgan fingerprint density at radius 3 is 2.11 bits per heavy atom. The maximum atomic E-state index is 13.5. The molecule has 0 bridgehead atoms. The number of carbonyl (C=O) groups is 3. The third kappa shape index (κ3) is 3.98. The smallest absolute Gasteiger partial charge is 0.301 e. The van der Waals surface area contributed by atoms with Crippen LogP contribution in [0.15, 0.2) is 79.0 Å². The molecule has 1 aliphatic heterocycles. The van der Waals surface area contributed by atoms with Crippen molar-refractivity contribution in [3.63, 3.8) is 0 Å². The first kappa shape index (κ1) is 23.2. The summed E-state index contributed by atoms with van der Waals surface area (Å²) in [4.78, 5) is 44.5. The molecule has 1 aliphatic rings. The maximum absolute atomic E-state index is 13.5. The van der Waals surface area contributed by atoms with Crippen LogP contribution in [0.25, 0.3) is 5.69 Å². The third-order valence-electron chi connectivity index (χ3n) is 5.94. The highest BCUT2D eigenvalue weighted by atomic mass is 19.4. The molecule has 6 nitrogen and oxygen atoms in total. The van der Waals surface area contributed by atoms with E-state index in [0.717, 1.165) is 17.0 Å². The molecule has 2 heterocycles. The summed E-state index contributed by atoms with van der Waals surface area (Å²) in [6.45, 7) is 1.45. The van der Waals surface area contributed by atoms with Gasteiger partial charge in [0.05, 0.1) is 34.6 Å². The zero-order valence-corrected chi connectivity index (χ0v) is 18.9. The summed E-state index contributed by atoms with van der Waals surface area (Å²) in [5, 5.41) is 0. The fraction of sp³-hybridized carbons (Fsp3) is 0.111. The molecule has 2 amide bonds. The number of fused-ring (bicyclic) bond motifs is 1. The number of rotatable bonds is 5. The third-order valence-corrected chi connectivity index (χ3v) is 5.94. The number of amides is 2. The van der Waals surface area contributed by atoms with Crippen LogP contribution in [0.1, 0.15) is 53.7 Å². The molecule has 1 aromatic heterocycles. The minimum absolute atomic E-state index is 0.157. The fourth-order valence-electron chi connectivity index (χ4n) is 4.24. The standard InChI is InChI=1S/C27H18F3N3O3/c1-16-14-32(23(31-16)15-33-25(35)19-9-5-6-10-20(19)26(33)36)22-12-11-18(27(28,29)30)13-21(22)24(34)17-7-3-2-4-8-17/h2-14H,15H2,1H3. The number of nitrogens with zero attached hydrogens (tertiary/aromatic N) is 3. The molecule has 0 N–H and O–H groups in total. The van der Waals surface area contributed by atoms with Crippen molar-refractivity contribution < 1.29 is 27.6 Å². The number of hydrogen-bond donors (Lipinski definition) is 0. The Hall–Kier alpha value is -4.53.